The van der Waals surface area contributed by atoms with E-state index in [-0.39, 0.29) is 11.9 Å². The molecule has 4 heteroatoms. The number of rotatable bonds is 3. The van der Waals surface area contributed by atoms with Gasteiger partial charge >= 0.3 is 0 Å². The zero-order chi connectivity index (χ0) is 14.9. The zero-order valence-electron chi connectivity index (χ0n) is 12.6. The van der Waals surface area contributed by atoms with Crippen LogP contribution in [-0.4, -0.2) is 28.9 Å². The summed E-state index contributed by atoms with van der Waals surface area (Å²) in [6, 6.07) is 6.77. The molecule has 1 saturated heterocycles. The number of hydrogen-bond acceptors (Lipinski definition) is 2. The van der Waals surface area contributed by atoms with E-state index in [4.69, 9.17) is 0 Å². The first-order chi connectivity index (χ1) is 9.41. The Morgan fingerprint density at radius 3 is 2.55 bits per heavy atom. The molecule has 0 spiro atoms. The van der Waals surface area contributed by atoms with Crippen LogP contribution < -0.4 is 5.32 Å². The van der Waals surface area contributed by atoms with Gasteiger partial charge in [-0.05, 0) is 68.1 Å². The number of hydrogen-bond donors (Lipinski definition) is 1. The topological polar surface area (TPSA) is 32.3 Å². The minimum absolute atomic E-state index is 0.0666. The quantitative estimate of drug-likeness (QED) is 0.904. The van der Waals surface area contributed by atoms with Crippen LogP contribution in [-0.2, 0) is 4.79 Å². The molecule has 0 aromatic heterocycles. The Labute approximate surface area is 129 Å². The maximum Gasteiger partial charge on any atom is 0.241 e. The van der Waals surface area contributed by atoms with Crippen molar-refractivity contribution in [2.75, 3.05) is 5.32 Å². The van der Waals surface area contributed by atoms with Crippen LogP contribution in [0.1, 0.15) is 39.2 Å². The van der Waals surface area contributed by atoms with E-state index in [1.807, 2.05) is 32.0 Å². The van der Waals surface area contributed by atoms with Crippen LogP contribution in [0.4, 0.5) is 5.69 Å². The molecule has 20 heavy (non-hydrogen) atoms. The molecule has 1 N–H and O–H groups in total. The molecule has 0 radical (unpaired) electrons. The molecule has 1 aromatic carbocycles. The van der Waals surface area contributed by atoms with Crippen molar-refractivity contribution in [3.63, 3.8) is 0 Å². The summed E-state index contributed by atoms with van der Waals surface area (Å²) >= 11 is 3.54. The third-order valence-electron chi connectivity index (χ3n) is 4.30. The van der Waals surface area contributed by atoms with E-state index in [0.29, 0.717) is 12.1 Å². The standard InChI is InChI=1S/C16H23BrN2O/c1-10-6-5-7-14(15(10)17)18-16(20)13(4)19-11(2)8-9-12(19)3/h5-7,11-13H,8-9H2,1-4H3,(H,18,20). The highest BCUT2D eigenvalue weighted by molar-refractivity contribution is 9.10. The first-order valence-electron chi connectivity index (χ1n) is 7.25. The number of halogens is 1. The van der Waals surface area contributed by atoms with E-state index >= 15 is 0 Å². The van der Waals surface area contributed by atoms with Gasteiger partial charge in [-0.25, -0.2) is 0 Å². The Balaban J connectivity index is 2.10. The Hall–Kier alpha value is -0.870. The van der Waals surface area contributed by atoms with Crippen molar-refractivity contribution in [1.29, 1.82) is 0 Å². The highest BCUT2D eigenvalue weighted by atomic mass is 79.9. The molecular weight excluding hydrogens is 316 g/mol. The van der Waals surface area contributed by atoms with Gasteiger partial charge in [0.05, 0.1) is 11.7 Å². The average Bonchev–Trinajstić information content (AvgIpc) is 2.73. The lowest BCUT2D eigenvalue weighted by Gasteiger charge is -2.31. The summed E-state index contributed by atoms with van der Waals surface area (Å²) in [4.78, 5) is 14.8. The minimum Gasteiger partial charge on any atom is -0.324 e. The van der Waals surface area contributed by atoms with Crippen LogP contribution in [0.5, 0.6) is 0 Å². The van der Waals surface area contributed by atoms with Gasteiger partial charge in [0.25, 0.3) is 0 Å². The molecule has 3 unspecified atom stereocenters. The molecule has 3 nitrogen and oxygen atoms in total. The second-order valence-electron chi connectivity index (χ2n) is 5.82. The molecule has 1 amide bonds. The summed E-state index contributed by atoms with van der Waals surface area (Å²) < 4.78 is 0.961. The molecule has 1 fully saturated rings. The van der Waals surface area contributed by atoms with Gasteiger partial charge in [0.1, 0.15) is 0 Å². The summed E-state index contributed by atoms with van der Waals surface area (Å²) in [5, 5.41) is 3.04. The Kier molecular flexibility index (Phi) is 4.86. The van der Waals surface area contributed by atoms with Gasteiger partial charge in [0.15, 0.2) is 0 Å². The van der Waals surface area contributed by atoms with E-state index in [9.17, 15) is 4.79 Å². The number of nitrogens with one attached hydrogen (secondary N) is 1. The lowest BCUT2D eigenvalue weighted by Crippen LogP contribution is -2.46. The normalized spacial score (nSPS) is 24.6. The first kappa shape index (κ1) is 15.5. The number of amides is 1. The molecule has 0 saturated carbocycles. The van der Waals surface area contributed by atoms with Crippen molar-refractivity contribution in [2.24, 2.45) is 0 Å². The third-order valence-corrected chi connectivity index (χ3v) is 5.35. The van der Waals surface area contributed by atoms with E-state index in [2.05, 4.69) is 40.0 Å². The van der Waals surface area contributed by atoms with Gasteiger partial charge in [-0.15, -0.1) is 0 Å². The SMILES string of the molecule is Cc1cccc(NC(=O)C(C)N2C(C)CCC2C)c1Br. The van der Waals surface area contributed by atoms with Gasteiger partial charge in [0.2, 0.25) is 5.91 Å². The van der Waals surface area contributed by atoms with Crippen LogP contribution in [0.3, 0.4) is 0 Å². The van der Waals surface area contributed by atoms with Crippen molar-refractivity contribution in [3.05, 3.63) is 28.2 Å². The van der Waals surface area contributed by atoms with E-state index in [0.717, 1.165) is 15.7 Å². The van der Waals surface area contributed by atoms with Crippen LogP contribution in [0.2, 0.25) is 0 Å². The zero-order valence-corrected chi connectivity index (χ0v) is 14.2. The second kappa shape index (κ2) is 6.27. The maximum absolute atomic E-state index is 12.5. The van der Waals surface area contributed by atoms with Gasteiger partial charge < -0.3 is 5.32 Å². The van der Waals surface area contributed by atoms with Crippen LogP contribution in [0.15, 0.2) is 22.7 Å². The monoisotopic (exact) mass is 338 g/mol. The van der Waals surface area contributed by atoms with E-state index in [1.165, 1.54) is 12.8 Å². The second-order valence-corrected chi connectivity index (χ2v) is 6.62. The van der Waals surface area contributed by atoms with Gasteiger partial charge in [-0.1, -0.05) is 12.1 Å². The van der Waals surface area contributed by atoms with Crippen LogP contribution >= 0.6 is 15.9 Å². The fraction of sp³-hybridized carbons (Fsp3) is 0.562. The summed E-state index contributed by atoms with van der Waals surface area (Å²) in [5.74, 6) is 0.0666. The Morgan fingerprint density at radius 2 is 1.95 bits per heavy atom. The molecule has 3 atom stereocenters. The smallest absolute Gasteiger partial charge is 0.241 e. The number of benzene rings is 1. The van der Waals surface area contributed by atoms with Crippen molar-refractivity contribution >= 4 is 27.5 Å². The molecule has 110 valence electrons. The molecule has 2 rings (SSSR count). The Bertz CT molecular complexity index is 493. The summed E-state index contributed by atoms with van der Waals surface area (Å²) in [5.41, 5.74) is 1.97. The minimum atomic E-state index is -0.102. The maximum atomic E-state index is 12.5. The number of likely N-dealkylation sites (tertiary alicyclic amines) is 1. The molecule has 1 aromatic rings. The van der Waals surface area contributed by atoms with Crippen molar-refractivity contribution in [2.45, 2.75) is 58.7 Å². The fourth-order valence-corrected chi connectivity index (χ4v) is 3.46. The fourth-order valence-electron chi connectivity index (χ4n) is 3.09. The third kappa shape index (κ3) is 3.07. The number of aryl methyl sites for hydroxylation is 1. The first-order valence-corrected chi connectivity index (χ1v) is 8.04. The van der Waals surface area contributed by atoms with Gasteiger partial charge in [-0.2, -0.15) is 0 Å². The largest absolute Gasteiger partial charge is 0.324 e. The molecule has 1 aliphatic rings. The molecule has 0 aliphatic carbocycles. The van der Waals surface area contributed by atoms with Gasteiger partial charge in [-0.3, -0.25) is 9.69 Å². The number of nitrogens with zero attached hydrogens (tertiary/aromatic N) is 1. The van der Waals surface area contributed by atoms with Crippen molar-refractivity contribution in [1.82, 2.24) is 4.90 Å². The van der Waals surface area contributed by atoms with Crippen molar-refractivity contribution in [3.8, 4) is 0 Å². The molecule has 1 aliphatic heterocycles. The predicted molar refractivity (Wildman–Crippen MR) is 87.0 cm³/mol. The van der Waals surface area contributed by atoms with Crippen LogP contribution in [0, 0.1) is 6.92 Å². The Morgan fingerprint density at radius 1 is 1.35 bits per heavy atom. The summed E-state index contributed by atoms with van der Waals surface area (Å²) in [6.45, 7) is 8.43. The van der Waals surface area contributed by atoms with Gasteiger partial charge in [0, 0.05) is 16.6 Å². The number of carbonyl (C=O) groups excluding carboxylic acids is 1. The van der Waals surface area contributed by atoms with Crippen molar-refractivity contribution < 1.29 is 4.79 Å². The summed E-state index contributed by atoms with van der Waals surface area (Å²) in [6.07, 6.45) is 2.35. The number of anilines is 1. The lowest BCUT2D eigenvalue weighted by molar-refractivity contribution is -0.121. The molecular formula is C16H23BrN2O. The number of carbonyl (C=O) groups is 1. The lowest BCUT2D eigenvalue weighted by atomic mass is 10.2. The highest BCUT2D eigenvalue weighted by Crippen LogP contribution is 2.28. The molecule has 1 heterocycles. The van der Waals surface area contributed by atoms with E-state index < -0.39 is 0 Å². The molecule has 0 bridgehead atoms. The van der Waals surface area contributed by atoms with Crippen LogP contribution in [0.25, 0.3) is 0 Å². The predicted octanol–water partition coefficient (Wildman–Crippen LogP) is 3.96. The van der Waals surface area contributed by atoms with E-state index in [1.54, 1.807) is 0 Å². The highest BCUT2D eigenvalue weighted by Gasteiger charge is 2.34. The summed E-state index contributed by atoms with van der Waals surface area (Å²) in [7, 11) is 0. The average molecular weight is 339 g/mol.